The molecular weight excluding hydrogens is 508 g/mol. The van der Waals surface area contributed by atoms with Crippen molar-refractivity contribution >= 4 is 23.6 Å². The highest BCUT2D eigenvalue weighted by molar-refractivity contribution is 6.23. The van der Waals surface area contributed by atoms with Gasteiger partial charge >= 0.3 is 6.09 Å². The number of carbonyl (C=O) groups is 4. The van der Waals surface area contributed by atoms with Crippen molar-refractivity contribution in [3.8, 4) is 0 Å². The van der Waals surface area contributed by atoms with Crippen molar-refractivity contribution in [3.63, 3.8) is 0 Å². The van der Waals surface area contributed by atoms with Crippen molar-refractivity contribution in [2.75, 3.05) is 14.2 Å². The van der Waals surface area contributed by atoms with E-state index in [0.29, 0.717) is 5.57 Å². The molecule has 1 aliphatic carbocycles. The van der Waals surface area contributed by atoms with Crippen LogP contribution in [-0.2, 0) is 28.6 Å². The highest BCUT2D eigenvalue weighted by atomic mass is 16.6. The number of carbonyl (C=O) groups excluding carboxylic acids is 4. The summed E-state index contributed by atoms with van der Waals surface area (Å²) in [6.07, 6.45) is 2.19. The zero-order chi connectivity index (χ0) is 29.4. The van der Waals surface area contributed by atoms with Crippen LogP contribution in [-0.4, -0.2) is 72.4 Å². The number of primary amides is 1. The Morgan fingerprint density at radius 3 is 2.38 bits per heavy atom. The molecule has 39 heavy (non-hydrogen) atoms. The Bertz CT molecular complexity index is 1130. The summed E-state index contributed by atoms with van der Waals surface area (Å²) in [6.45, 7) is 6.65. The van der Waals surface area contributed by atoms with Crippen molar-refractivity contribution in [2.24, 2.45) is 17.6 Å². The average Bonchev–Trinajstić information content (AvgIpc) is 2.86. The first-order valence-corrected chi connectivity index (χ1v) is 12.6. The van der Waals surface area contributed by atoms with Crippen LogP contribution >= 0.6 is 0 Å². The molecule has 1 heterocycles. The van der Waals surface area contributed by atoms with Crippen molar-refractivity contribution in [2.45, 2.75) is 65.0 Å². The summed E-state index contributed by atoms with van der Waals surface area (Å²) in [6, 6.07) is 0. The van der Waals surface area contributed by atoms with Gasteiger partial charge in [0.15, 0.2) is 11.9 Å². The summed E-state index contributed by atoms with van der Waals surface area (Å²) in [5.74, 6) is -2.80. The summed E-state index contributed by atoms with van der Waals surface area (Å²) in [4.78, 5) is 50.3. The summed E-state index contributed by atoms with van der Waals surface area (Å²) in [5.41, 5.74) is 5.90. The third kappa shape index (κ3) is 8.22. The molecule has 2 bridgehead atoms. The maximum absolute atomic E-state index is 13.2. The van der Waals surface area contributed by atoms with Gasteiger partial charge in [0, 0.05) is 30.2 Å². The van der Waals surface area contributed by atoms with Crippen LogP contribution in [0.5, 0.6) is 0 Å². The Balaban J connectivity index is 2.57. The third-order valence-corrected chi connectivity index (χ3v) is 6.67. The van der Waals surface area contributed by atoms with Crippen molar-refractivity contribution in [3.05, 3.63) is 58.6 Å². The molecule has 0 spiro atoms. The number of hydrogen-bond donors (Lipinski definition) is 4. The first-order valence-electron chi connectivity index (χ1n) is 12.6. The molecule has 2 aliphatic rings. The number of ketones is 2. The average molecular weight is 547 g/mol. The van der Waals surface area contributed by atoms with Crippen LogP contribution in [0, 0.1) is 11.8 Å². The first-order chi connectivity index (χ1) is 18.3. The SMILES string of the molecule is COC1=C2C[C@@H](C)C[C@H](O)[C@H](O)[C@@H](C)/C=C(\C)[C@H](OC(N)=O)[C@@H](OC)/C=C\C=C(/C)C(=O)NC(=CC1=O)C2=O. The number of fused-ring (bicyclic) bond motifs is 2. The van der Waals surface area contributed by atoms with Gasteiger partial charge in [-0.3, -0.25) is 14.4 Å². The zero-order valence-electron chi connectivity index (χ0n) is 23.1. The fourth-order valence-electron chi connectivity index (χ4n) is 4.57. The van der Waals surface area contributed by atoms with Crippen molar-refractivity contribution in [1.82, 2.24) is 5.32 Å². The van der Waals surface area contributed by atoms with E-state index in [1.807, 2.05) is 0 Å². The standard InChI is InChI=1S/C28H38N2O9/c1-14-10-18-24(34)19(13-21(32)26(18)38-6)30-27(35)15(2)8-7-9-22(37-5)25(39-28(29)36)17(4)12-16(3)23(33)20(31)11-14/h7-9,12-14,16,20,22-23,25,31,33H,10-11H2,1-6H3,(H2,29,36)(H,30,35)/b9-7-,15-8+,17-12+/t14-,16+,20+,22+,23-,25+/m1/s1. The highest BCUT2D eigenvalue weighted by Crippen LogP contribution is 2.28. The Morgan fingerprint density at radius 1 is 1.13 bits per heavy atom. The molecule has 0 unspecified atom stereocenters. The van der Waals surface area contributed by atoms with Crippen LogP contribution in [0.25, 0.3) is 0 Å². The Morgan fingerprint density at radius 2 is 1.79 bits per heavy atom. The lowest BCUT2D eigenvalue weighted by Crippen LogP contribution is -2.36. The number of methoxy groups -OCH3 is 2. The van der Waals surface area contributed by atoms with Crippen LogP contribution in [0.2, 0.25) is 0 Å². The quantitative estimate of drug-likeness (QED) is 0.304. The van der Waals surface area contributed by atoms with Crippen molar-refractivity contribution in [1.29, 1.82) is 0 Å². The van der Waals surface area contributed by atoms with Gasteiger partial charge < -0.3 is 35.5 Å². The molecule has 6 atom stereocenters. The maximum Gasteiger partial charge on any atom is 0.405 e. The fraction of sp³-hybridized carbons (Fsp3) is 0.500. The lowest BCUT2D eigenvalue weighted by molar-refractivity contribution is -0.120. The van der Waals surface area contributed by atoms with E-state index in [0.717, 1.165) is 6.08 Å². The van der Waals surface area contributed by atoms with Crippen LogP contribution in [0.15, 0.2) is 58.6 Å². The molecule has 1 aliphatic heterocycles. The highest BCUT2D eigenvalue weighted by Gasteiger charge is 2.33. The van der Waals surface area contributed by atoms with E-state index in [1.165, 1.54) is 33.3 Å². The lowest BCUT2D eigenvalue weighted by Gasteiger charge is -2.28. The number of ether oxygens (including phenoxy) is 3. The maximum atomic E-state index is 13.2. The molecule has 11 heteroatoms. The third-order valence-electron chi connectivity index (χ3n) is 6.67. The molecule has 0 saturated heterocycles. The molecule has 0 aromatic carbocycles. The van der Waals surface area contributed by atoms with Gasteiger partial charge in [0.1, 0.15) is 6.10 Å². The van der Waals surface area contributed by atoms with Gasteiger partial charge in [-0.15, -0.1) is 0 Å². The summed E-state index contributed by atoms with van der Waals surface area (Å²) < 4.78 is 16.0. The van der Waals surface area contributed by atoms with Crippen molar-refractivity contribution < 1.29 is 43.6 Å². The smallest absolute Gasteiger partial charge is 0.405 e. The Kier molecular flexibility index (Phi) is 11.4. The normalized spacial score (nSPS) is 33.2. The molecule has 0 aromatic rings. The minimum Gasteiger partial charge on any atom is -0.492 e. The number of nitrogens with two attached hydrogens (primary N) is 1. The molecule has 5 N–H and O–H groups in total. The summed E-state index contributed by atoms with van der Waals surface area (Å²) in [7, 11) is 2.68. The molecule has 0 radical (unpaired) electrons. The Hall–Kier alpha value is -3.54. The Labute approximate surface area is 228 Å². The second kappa shape index (κ2) is 14.0. The summed E-state index contributed by atoms with van der Waals surface area (Å²) in [5, 5.41) is 24.1. The zero-order valence-corrected chi connectivity index (χ0v) is 23.1. The molecule has 0 saturated carbocycles. The molecule has 2 rings (SSSR count). The predicted molar refractivity (Wildman–Crippen MR) is 142 cm³/mol. The fourth-order valence-corrected chi connectivity index (χ4v) is 4.57. The number of hydrogen-bond acceptors (Lipinski definition) is 9. The van der Waals surface area contributed by atoms with E-state index >= 15 is 0 Å². The topological polar surface area (TPSA) is 174 Å². The van der Waals surface area contributed by atoms with E-state index in [4.69, 9.17) is 19.9 Å². The molecular formula is C28H38N2O9. The van der Waals surface area contributed by atoms with Gasteiger partial charge in [-0.1, -0.05) is 38.2 Å². The minimum atomic E-state index is -1.20. The van der Waals surface area contributed by atoms with Gasteiger partial charge in [-0.05, 0) is 38.2 Å². The van der Waals surface area contributed by atoms with E-state index in [-0.39, 0.29) is 41.4 Å². The van der Waals surface area contributed by atoms with Gasteiger partial charge in [-0.2, -0.15) is 0 Å². The van der Waals surface area contributed by atoms with E-state index in [9.17, 15) is 29.4 Å². The monoisotopic (exact) mass is 546 g/mol. The van der Waals surface area contributed by atoms with Gasteiger partial charge in [0.05, 0.1) is 25.0 Å². The first kappa shape index (κ1) is 31.7. The summed E-state index contributed by atoms with van der Waals surface area (Å²) >= 11 is 0. The minimum absolute atomic E-state index is 0.0651. The number of Topliss-reactive ketones (excluding diaryl/α,β-unsaturated/α-hetero) is 1. The molecule has 214 valence electrons. The predicted octanol–water partition coefficient (Wildman–Crippen LogP) is 1.75. The second-order valence-corrected chi connectivity index (χ2v) is 9.88. The molecule has 0 aromatic heterocycles. The number of rotatable bonds is 3. The number of allylic oxidation sites excluding steroid dienone is 4. The van der Waals surface area contributed by atoms with Gasteiger partial charge in [0.2, 0.25) is 11.6 Å². The second-order valence-electron chi connectivity index (χ2n) is 9.88. The molecule has 0 fully saturated rings. The van der Waals surface area contributed by atoms with Crippen LogP contribution in [0.1, 0.15) is 40.5 Å². The van der Waals surface area contributed by atoms with Crippen LogP contribution in [0.4, 0.5) is 4.79 Å². The molecule has 2 amide bonds. The number of aliphatic hydroxyl groups excluding tert-OH is 2. The molecule has 11 nitrogen and oxygen atoms in total. The van der Waals surface area contributed by atoms with Gasteiger partial charge in [-0.25, -0.2) is 4.79 Å². The van der Waals surface area contributed by atoms with Crippen LogP contribution in [0.3, 0.4) is 0 Å². The lowest BCUT2D eigenvalue weighted by atomic mass is 9.85. The number of amides is 2. The van der Waals surface area contributed by atoms with Crippen LogP contribution < -0.4 is 11.1 Å². The number of nitrogens with one attached hydrogen (secondary N) is 1. The number of aliphatic hydroxyl groups is 2. The largest absolute Gasteiger partial charge is 0.492 e. The van der Waals surface area contributed by atoms with E-state index < -0.39 is 53.9 Å². The van der Waals surface area contributed by atoms with E-state index in [2.05, 4.69) is 5.32 Å². The van der Waals surface area contributed by atoms with E-state index in [1.54, 1.807) is 32.9 Å². The van der Waals surface area contributed by atoms with Gasteiger partial charge in [0.25, 0.3) is 5.91 Å².